The van der Waals surface area contributed by atoms with Crippen molar-refractivity contribution in [3.8, 4) is 16.9 Å². The summed E-state index contributed by atoms with van der Waals surface area (Å²) in [6, 6.07) is 8.35. The number of rotatable bonds is 8. The van der Waals surface area contributed by atoms with Crippen LogP contribution >= 0.6 is 58.4 Å². The van der Waals surface area contributed by atoms with Crippen LogP contribution in [-0.4, -0.2) is 42.2 Å². The van der Waals surface area contributed by atoms with Crippen LogP contribution in [0.3, 0.4) is 0 Å². The van der Waals surface area contributed by atoms with Gasteiger partial charge in [-0.25, -0.2) is 4.79 Å². The Morgan fingerprint density at radius 1 is 1.13 bits per heavy atom. The van der Waals surface area contributed by atoms with Crippen molar-refractivity contribution in [3.63, 3.8) is 0 Å². The van der Waals surface area contributed by atoms with Crippen LogP contribution in [0.5, 0.6) is 5.75 Å². The van der Waals surface area contributed by atoms with Gasteiger partial charge in [0.15, 0.2) is 16.6 Å². The lowest BCUT2D eigenvalue weighted by Crippen LogP contribution is -2.27. The number of nitrogens with one attached hydrogen (secondary N) is 2. The highest BCUT2D eigenvalue weighted by Gasteiger charge is 2.37. The Bertz CT molecular complexity index is 1580. The molecule has 0 aliphatic heterocycles. The number of anilines is 1. The van der Waals surface area contributed by atoms with Crippen molar-refractivity contribution in [1.29, 1.82) is 0 Å². The topological polar surface area (TPSA) is 117 Å². The van der Waals surface area contributed by atoms with Crippen molar-refractivity contribution in [2.45, 2.75) is 13.1 Å². The van der Waals surface area contributed by atoms with Crippen LogP contribution < -0.4 is 14.9 Å². The molecule has 0 saturated carbocycles. The standard InChI is InChI=1S/C22H15Cl3F3N3O5S3/c1-10(30-31-21(37)29-12-3-4-13(20(32)33)16(24)7-12)19-18(36-39(34,35)9-22(26,27)28)14(8-38-19)11-2-5-15(23)17(25)6-11/h2-8H,9H2,1H3,(H,32,33)(H2,29,31,37)/b30-10+. The van der Waals surface area contributed by atoms with E-state index in [1.165, 1.54) is 48.7 Å². The van der Waals surface area contributed by atoms with Gasteiger partial charge >= 0.3 is 22.3 Å². The molecule has 1 aromatic heterocycles. The Kier molecular flexibility index (Phi) is 9.73. The number of hydrazone groups is 1. The van der Waals surface area contributed by atoms with E-state index in [-0.39, 0.29) is 47.6 Å². The summed E-state index contributed by atoms with van der Waals surface area (Å²) < 4.78 is 68.0. The molecule has 0 spiro atoms. The number of aromatic carboxylic acids is 1. The van der Waals surface area contributed by atoms with Crippen LogP contribution in [0.15, 0.2) is 46.9 Å². The zero-order valence-corrected chi connectivity index (χ0v) is 24.0. The molecule has 0 amide bonds. The van der Waals surface area contributed by atoms with Crippen molar-refractivity contribution in [1.82, 2.24) is 5.43 Å². The number of halogens is 6. The molecule has 2 aromatic carbocycles. The highest BCUT2D eigenvalue weighted by Crippen LogP contribution is 2.41. The predicted octanol–water partition coefficient (Wildman–Crippen LogP) is 7.06. The summed E-state index contributed by atoms with van der Waals surface area (Å²) >= 11 is 24.1. The van der Waals surface area contributed by atoms with Gasteiger partial charge in [0.2, 0.25) is 0 Å². The Hall–Kier alpha value is -2.62. The first-order valence-corrected chi connectivity index (χ1v) is 14.3. The van der Waals surface area contributed by atoms with Crippen LogP contribution in [0.2, 0.25) is 15.1 Å². The fourth-order valence-electron chi connectivity index (χ4n) is 3.01. The number of hydrogen-bond acceptors (Lipinski definition) is 7. The maximum atomic E-state index is 12.9. The van der Waals surface area contributed by atoms with Crippen LogP contribution in [0.25, 0.3) is 11.1 Å². The highest BCUT2D eigenvalue weighted by atomic mass is 35.5. The molecule has 208 valence electrons. The molecule has 3 aromatic rings. The molecule has 1 heterocycles. The van der Waals surface area contributed by atoms with E-state index >= 15 is 0 Å². The number of carboxylic acids is 1. The van der Waals surface area contributed by atoms with E-state index in [9.17, 15) is 26.4 Å². The lowest BCUT2D eigenvalue weighted by atomic mass is 10.1. The normalized spacial score (nSPS) is 12.2. The molecule has 3 rings (SSSR count). The lowest BCUT2D eigenvalue weighted by molar-refractivity contribution is -0.107. The maximum absolute atomic E-state index is 12.9. The number of thiophene rings is 1. The minimum atomic E-state index is -5.10. The quantitative estimate of drug-likeness (QED) is 0.102. The smallest absolute Gasteiger partial charge is 0.406 e. The molecule has 3 N–H and O–H groups in total. The average Bonchev–Trinajstić information content (AvgIpc) is 3.20. The van der Waals surface area contributed by atoms with Crippen LogP contribution in [0.1, 0.15) is 22.2 Å². The molecule has 0 bridgehead atoms. The van der Waals surface area contributed by atoms with Gasteiger partial charge < -0.3 is 14.6 Å². The minimum Gasteiger partial charge on any atom is -0.478 e. The van der Waals surface area contributed by atoms with E-state index in [0.29, 0.717) is 11.3 Å². The molecule has 17 heteroatoms. The van der Waals surface area contributed by atoms with E-state index in [2.05, 4.69) is 15.8 Å². The van der Waals surface area contributed by atoms with E-state index < -0.39 is 28.0 Å². The largest absolute Gasteiger partial charge is 0.478 e. The Morgan fingerprint density at radius 2 is 1.82 bits per heavy atom. The van der Waals surface area contributed by atoms with E-state index in [1.54, 1.807) is 0 Å². The van der Waals surface area contributed by atoms with E-state index in [4.69, 9.17) is 56.3 Å². The third-order valence-electron chi connectivity index (χ3n) is 4.64. The molecule has 0 aliphatic rings. The van der Waals surface area contributed by atoms with Gasteiger partial charge in [-0.3, -0.25) is 5.43 Å². The third kappa shape index (κ3) is 8.43. The molecule has 0 unspecified atom stereocenters. The van der Waals surface area contributed by atoms with Crippen molar-refractivity contribution >= 4 is 91.0 Å². The van der Waals surface area contributed by atoms with Gasteiger partial charge in [0, 0.05) is 16.6 Å². The Balaban J connectivity index is 1.91. The maximum Gasteiger partial charge on any atom is 0.406 e. The average molecular weight is 661 g/mol. The minimum absolute atomic E-state index is 0.0368. The zero-order chi connectivity index (χ0) is 29.1. The first kappa shape index (κ1) is 30.9. The van der Waals surface area contributed by atoms with Gasteiger partial charge in [0.1, 0.15) is 0 Å². The molecule has 0 radical (unpaired) electrons. The summed E-state index contributed by atoms with van der Waals surface area (Å²) in [6.07, 6.45) is -5.03. The van der Waals surface area contributed by atoms with Gasteiger partial charge in [0.05, 0.1) is 31.2 Å². The first-order chi connectivity index (χ1) is 18.1. The molecule has 39 heavy (non-hydrogen) atoms. The van der Waals surface area contributed by atoms with Gasteiger partial charge in [0.25, 0.3) is 0 Å². The van der Waals surface area contributed by atoms with Crippen molar-refractivity contribution < 1.29 is 35.7 Å². The molecular weight excluding hydrogens is 646 g/mol. The van der Waals surface area contributed by atoms with Crippen molar-refractivity contribution in [2.24, 2.45) is 5.10 Å². The fourth-order valence-corrected chi connectivity index (χ4v) is 5.63. The summed E-state index contributed by atoms with van der Waals surface area (Å²) in [5.41, 5.74) is 3.34. The van der Waals surface area contributed by atoms with Gasteiger partial charge in [-0.05, 0) is 55.0 Å². The third-order valence-corrected chi connectivity index (χ3v) is 8.05. The number of benzene rings is 2. The number of alkyl halides is 3. The molecular formula is C22H15Cl3F3N3O5S3. The number of nitrogens with zero attached hydrogens (tertiary/aromatic N) is 1. The molecule has 0 aliphatic carbocycles. The number of thiocarbonyl (C=S) groups is 1. The summed E-state index contributed by atoms with van der Waals surface area (Å²) in [5.74, 6) is -3.80. The van der Waals surface area contributed by atoms with Crippen molar-refractivity contribution in [2.75, 3.05) is 11.1 Å². The fraction of sp³-hybridized carbons (Fsp3) is 0.136. The predicted molar refractivity (Wildman–Crippen MR) is 150 cm³/mol. The van der Waals surface area contributed by atoms with Gasteiger partial charge in [-0.15, -0.1) is 11.3 Å². The zero-order valence-electron chi connectivity index (χ0n) is 19.3. The van der Waals surface area contributed by atoms with Crippen molar-refractivity contribution in [3.05, 3.63) is 67.3 Å². The summed E-state index contributed by atoms with van der Waals surface area (Å²) in [6.45, 7) is 1.45. The van der Waals surface area contributed by atoms with Crippen LogP contribution in [0, 0.1) is 0 Å². The number of carbonyl (C=O) groups is 1. The highest BCUT2D eigenvalue weighted by molar-refractivity contribution is 7.87. The Labute approximate surface area is 244 Å². The van der Waals surface area contributed by atoms with Gasteiger partial charge in [-0.1, -0.05) is 40.9 Å². The number of carboxylic acid groups (broad SMARTS) is 1. The lowest BCUT2D eigenvalue weighted by Gasteiger charge is -2.13. The second-order valence-corrected chi connectivity index (χ2v) is 11.7. The monoisotopic (exact) mass is 659 g/mol. The molecule has 0 atom stereocenters. The number of hydrogen-bond donors (Lipinski definition) is 3. The van der Waals surface area contributed by atoms with Crippen LogP contribution in [0.4, 0.5) is 18.9 Å². The van der Waals surface area contributed by atoms with E-state index in [0.717, 1.165) is 11.3 Å². The van der Waals surface area contributed by atoms with Crippen LogP contribution in [-0.2, 0) is 10.1 Å². The summed E-state index contributed by atoms with van der Waals surface area (Å²) in [7, 11) is -5.10. The van der Waals surface area contributed by atoms with E-state index in [1.807, 2.05) is 0 Å². The second kappa shape index (κ2) is 12.3. The second-order valence-electron chi connectivity index (χ2n) is 7.60. The molecule has 8 nitrogen and oxygen atoms in total. The van der Waals surface area contributed by atoms with Gasteiger partial charge in [-0.2, -0.15) is 26.7 Å². The Morgan fingerprint density at radius 3 is 2.41 bits per heavy atom. The molecule has 0 fully saturated rings. The molecule has 0 saturated heterocycles. The summed E-state index contributed by atoms with van der Waals surface area (Å²) in [4.78, 5) is 11.2. The SMILES string of the molecule is C/C(=N\NC(=S)Nc1ccc(C(=O)O)c(Cl)c1)c1scc(-c2ccc(Cl)c(Cl)c2)c1OS(=O)(=O)CC(F)(F)F. The first-order valence-electron chi connectivity index (χ1n) is 10.3. The summed E-state index contributed by atoms with van der Waals surface area (Å²) in [5, 5.41) is 17.6.